The predicted molar refractivity (Wildman–Crippen MR) is 65.9 cm³/mol. The highest BCUT2D eigenvalue weighted by Crippen LogP contribution is 2.12. The molecule has 1 aliphatic heterocycles. The van der Waals surface area contributed by atoms with Crippen molar-refractivity contribution in [2.24, 2.45) is 0 Å². The van der Waals surface area contributed by atoms with E-state index < -0.39 is 18.1 Å². The van der Waals surface area contributed by atoms with Crippen LogP contribution in [-0.4, -0.2) is 49.7 Å². The monoisotopic (exact) mass is 261 g/mol. The summed E-state index contributed by atoms with van der Waals surface area (Å²) in [5, 5.41) is 2.69. The molecule has 1 rings (SSSR count). The van der Waals surface area contributed by atoms with Gasteiger partial charge in [-0.25, -0.2) is 4.79 Å². The summed E-state index contributed by atoms with van der Waals surface area (Å²) in [6, 6.07) is -0.566. The molecule has 0 radical (unpaired) electrons. The van der Waals surface area contributed by atoms with Crippen molar-refractivity contribution in [3.8, 4) is 0 Å². The van der Waals surface area contributed by atoms with Crippen molar-refractivity contribution in [2.45, 2.75) is 31.4 Å². The van der Waals surface area contributed by atoms with E-state index in [9.17, 15) is 9.59 Å². The van der Waals surface area contributed by atoms with Crippen LogP contribution in [0.2, 0.25) is 0 Å². The van der Waals surface area contributed by atoms with E-state index in [-0.39, 0.29) is 5.91 Å². The zero-order valence-electron chi connectivity index (χ0n) is 10.2. The lowest BCUT2D eigenvalue weighted by atomic mass is 10.2. The van der Waals surface area contributed by atoms with Gasteiger partial charge in [-0.1, -0.05) is 0 Å². The fourth-order valence-corrected chi connectivity index (χ4v) is 2.15. The van der Waals surface area contributed by atoms with Crippen LogP contribution in [0.3, 0.4) is 0 Å². The van der Waals surface area contributed by atoms with E-state index in [2.05, 4.69) is 10.1 Å². The van der Waals surface area contributed by atoms with Crippen molar-refractivity contribution in [1.82, 2.24) is 5.32 Å². The van der Waals surface area contributed by atoms with Crippen LogP contribution in [0.5, 0.6) is 0 Å². The van der Waals surface area contributed by atoms with Crippen LogP contribution in [0.15, 0.2) is 0 Å². The van der Waals surface area contributed by atoms with Gasteiger partial charge < -0.3 is 14.8 Å². The molecule has 1 N–H and O–H groups in total. The average Bonchev–Trinajstić information content (AvgIpc) is 2.87. The number of ether oxygens (including phenoxy) is 2. The predicted octanol–water partition coefficient (Wildman–Crippen LogP) is 0.576. The fourth-order valence-electron chi connectivity index (χ4n) is 1.68. The van der Waals surface area contributed by atoms with Crippen molar-refractivity contribution < 1.29 is 19.1 Å². The first-order chi connectivity index (χ1) is 8.19. The van der Waals surface area contributed by atoms with E-state index in [0.717, 1.165) is 18.6 Å². The van der Waals surface area contributed by atoms with Crippen molar-refractivity contribution >= 4 is 23.6 Å². The van der Waals surface area contributed by atoms with Gasteiger partial charge in [0.25, 0.3) is 0 Å². The standard InChI is InChI=1S/C11H19NO4S/c1-15-11(14)8(5-7-17-2)12-10(13)9-4-3-6-16-9/h8-9H,3-7H2,1-2H3,(H,12,13)/t8-,9?/m0/s1. The van der Waals surface area contributed by atoms with Crippen LogP contribution in [-0.2, 0) is 19.1 Å². The summed E-state index contributed by atoms with van der Waals surface area (Å²) in [7, 11) is 1.33. The number of rotatable bonds is 6. The Balaban J connectivity index is 2.46. The summed E-state index contributed by atoms with van der Waals surface area (Å²) >= 11 is 1.63. The minimum atomic E-state index is -0.566. The molecule has 1 fully saturated rings. The highest BCUT2D eigenvalue weighted by Gasteiger charge is 2.28. The van der Waals surface area contributed by atoms with Crippen LogP contribution >= 0.6 is 11.8 Å². The number of hydrogen-bond donors (Lipinski definition) is 1. The molecule has 1 amide bonds. The molecular formula is C11H19NO4S. The minimum absolute atomic E-state index is 0.209. The molecule has 1 unspecified atom stereocenters. The molecule has 0 aliphatic carbocycles. The molecule has 0 spiro atoms. The molecule has 0 aromatic heterocycles. The van der Waals surface area contributed by atoms with Crippen molar-refractivity contribution in [3.05, 3.63) is 0 Å². The molecule has 17 heavy (non-hydrogen) atoms. The Morgan fingerprint density at radius 1 is 1.59 bits per heavy atom. The van der Waals surface area contributed by atoms with Crippen LogP contribution in [0.25, 0.3) is 0 Å². The third-order valence-corrected chi connectivity index (χ3v) is 3.28. The van der Waals surface area contributed by atoms with Crippen molar-refractivity contribution in [3.63, 3.8) is 0 Å². The zero-order chi connectivity index (χ0) is 12.7. The van der Waals surface area contributed by atoms with E-state index in [0.29, 0.717) is 13.0 Å². The molecule has 0 bridgehead atoms. The van der Waals surface area contributed by atoms with Crippen LogP contribution in [0.1, 0.15) is 19.3 Å². The zero-order valence-corrected chi connectivity index (χ0v) is 11.0. The van der Waals surface area contributed by atoms with Crippen LogP contribution in [0.4, 0.5) is 0 Å². The van der Waals surface area contributed by atoms with Gasteiger partial charge in [-0.3, -0.25) is 4.79 Å². The largest absolute Gasteiger partial charge is 0.467 e. The highest BCUT2D eigenvalue weighted by molar-refractivity contribution is 7.98. The summed E-state index contributed by atoms with van der Waals surface area (Å²) in [6.45, 7) is 0.617. The van der Waals surface area contributed by atoms with Crippen LogP contribution < -0.4 is 5.32 Å². The van der Waals surface area contributed by atoms with Gasteiger partial charge in [0.1, 0.15) is 12.1 Å². The Labute approximate surface area is 106 Å². The first kappa shape index (κ1) is 14.3. The van der Waals surface area contributed by atoms with E-state index in [1.807, 2.05) is 6.26 Å². The number of esters is 1. The van der Waals surface area contributed by atoms with Gasteiger partial charge in [-0.05, 0) is 31.3 Å². The number of nitrogens with one attached hydrogen (secondary N) is 1. The van der Waals surface area contributed by atoms with E-state index in [1.165, 1.54) is 7.11 Å². The van der Waals surface area contributed by atoms with Gasteiger partial charge in [0.05, 0.1) is 7.11 Å². The number of carbonyl (C=O) groups excluding carboxylic acids is 2. The Kier molecular flexibility index (Phi) is 6.36. The third kappa shape index (κ3) is 4.55. The number of amides is 1. The Bertz CT molecular complexity index is 266. The first-order valence-corrected chi connectivity index (χ1v) is 7.07. The number of thioether (sulfide) groups is 1. The topological polar surface area (TPSA) is 64.6 Å². The minimum Gasteiger partial charge on any atom is -0.467 e. The first-order valence-electron chi connectivity index (χ1n) is 5.67. The maximum absolute atomic E-state index is 11.8. The molecular weight excluding hydrogens is 242 g/mol. The molecule has 1 saturated heterocycles. The molecule has 6 heteroatoms. The maximum atomic E-state index is 11.8. The van der Waals surface area contributed by atoms with Gasteiger partial charge in [0.15, 0.2) is 0 Å². The van der Waals surface area contributed by atoms with E-state index in [1.54, 1.807) is 11.8 Å². The van der Waals surface area contributed by atoms with Gasteiger partial charge in [-0.2, -0.15) is 11.8 Å². The van der Waals surface area contributed by atoms with Gasteiger partial charge in [0.2, 0.25) is 5.91 Å². The Morgan fingerprint density at radius 3 is 2.88 bits per heavy atom. The maximum Gasteiger partial charge on any atom is 0.328 e. The lowest BCUT2D eigenvalue weighted by Crippen LogP contribution is -2.46. The highest BCUT2D eigenvalue weighted by atomic mass is 32.2. The molecule has 1 aliphatic rings. The normalized spacial score (nSPS) is 20.9. The van der Waals surface area contributed by atoms with Crippen molar-refractivity contribution in [1.29, 1.82) is 0 Å². The summed E-state index contributed by atoms with van der Waals surface area (Å²) in [6.07, 6.45) is 3.74. The Hall–Kier alpha value is -0.750. The summed E-state index contributed by atoms with van der Waals surface area (Å²) in [5.41, 5.74) is 0. The molecule has 0 saturated carbocycles. The molecule has 5 nitrogen and oxygen atoms in total. The smallest absolute Gasteiger partial charge is 0.328 e. The molecule has 1 heterocycles. The molecule has 2 atom stereocenters. The molecule has 98 valence electrons. The molecule has 0 aromatic rings. The number of methoxy groups -OCH3 is 1. The third-order valence-electron chi connectivity index (χ3n) is 2.63. The average molecular weight is 261 g/mol. The SMILES string of the molecule is COC(=O)[C@H](CCSC)NC(=O)C1CCCO1. The quantitative estimate of drug-likeness (QED) is 0.708. The summed E-state index contributed by atoms with van der Waals surface area (Å²) in [4.78, 5) is 23.3. The van der Waals surface area contributed by atoms with Crippen LogP contribution in [0, 0.1) is 0 Å². The summed E-state index contributed by atoms with van der Waals surface area (Å²) < 4.78 is 9.93. The lowest BCUT2D eigenvalue weighted by Gasteiger charge is -2.18. The second-order valence-corrected chi connectivity index (χ2v) is 4.85. The van der Waals surface area contributed by atoms with E-state index >= 15 is 0 Å². The second kappa shape index (κ2) is 7.55. The van der Waals surface area contributed by atoms with Gasteiger partial charge >= 0.3 is 5.97 Å². The van der Waals surface area contributed by atoms with Gasteiger partial charge in [-0.15, -0.1) is 0 Å². The molecule has 0 aromatic carbocycles. The lowest BCUT2D eigenvalue weighted by molar-refractivity contribution is -0.146. The fraction of sp³-hybridized carbons (Fsp3) is 0.818. The summed E-state index contributed by atoms with van der Waals surface area (Å²) in [5.74, 6) is 0.190. The second-order valence-electron chi connectivity index (χ2n) is 3.87. The number of hydrogen-bond acceptors (Lipinski definition) is 5. The Morgan fingerprint density at radius 2 is 2.35 bits per heavy atom. The van der Waals surface area contributed by atoms with Gasteiger partial charge in [0, 0.05) is 6.61 Å². The number of carbonyl (C=O) groups is 2. The van der Waals surface area contributed by atoms with E-state index in [4.69, 9.17) is 4.74 Å². The van der Waals surface area contributed by atoms with Crippen molar-refractivity contribution in [2.75, 3.05) is 25.7 Å².